The summed E-state index contributed by atoms with van der Waals surface area (Å²) in [5.74, 6) is 0.923. The Morgan fingerprint density at radius 3 is 2.72 bits per heavy atom. The van der Waals surface area contributed by atoms with Crippen molar-refractivity contribution in [2.45, 2.75) is 52.4 Å². The molecule has 0 atom stereocenters. The molecular weight excluding hydrogens is 447 g/mol. The molecule has 0 radical (unpaired) electrons. The molecule has 0 spiro atoms. The molecule has 2 N–H and O–H groups in total. The average molecular weight is 480 g/mol. The van der Waals surface area contributed by atoms with Crippen molar-refractivity contribution in [1.29, 1.82) is 0 Å². The van der Waals surface area contributed by atoms with E-state index in [4.69, 9.17) is 9.73 Å². The highest BCUT2D eigenvalue weighted by Gasteiger charge is 2.36. The van der Waals surface area contributed by atoms with E-state index in [1.54, 1.807) is 18.4 Å². The maximum absolute atomic E-state index is 5.27. The minimum Gasteiger partial charge on any atom is -0.385 e. The number of halogens is 1. The summed E-state index contributed by atoms with van der Waals surface area (Å²) in [6, 6.07) is 0. The van der Waals surface area contributed by atoms with Gasteiger partial charge in [0, 0.05) is 45.2 Å². The Kier molecular flexibility index (Phi) is 10.9. The third-order valence-corrected chi connectivity index (χ3v) is 5.78. The second kappa shape index (κ2) is 12.1. The van der Waals surface area contributed by atoms with Crippen molar-refractivity contribution in [2.24, 2.45) is 10.4 Å². The van der Waals surface area contributed by atoms with Gasteiger partial charge in [-0.15, -0.1) is 35.3 Å². The van der Waals surface area contributed by atoms with Crippen molar-refractivity contribution in [3.8, 4) is 0 Å². The molecule has 1 aliphatic rings. The Balaban J connectivity index is 0.00000312. The number of nitrogens with one attached hydrogen (secondary N) is 2. The maximum atomic E-state index is 5.27. The van der Waals surface area contributed by atoms with Gasteiger partial charge in [-0.3, -0.25) is 4.99 Å². The molecule has 7 heteroatoms. The minimum atomic E-state index is 0. The number of hydrogen-bond donors (Lipinski definition) is 2. The van der Waals surface area contributed by atoms with Crippen molar-refractivity contribution in [3.63, 3.8) is 0 Å². The summed E-state index contributed by atoms with van der Waals surface area (Å²) in [5, 5.41) is 10.2. The zero-order valence-electron chi connectivity index (χ0n) is 15.8. The molecule has 0 aliphatic heterocycles. The predicted octanol–water partition coefficient (Wildman–Crippen LogP) is 3.63. The lowest BCUT2D eigenvalue weighted by atomic mass is 9.67. The van der Waals surface area contributed by atoms with Gasteiger partial charge in [-0.05, 0) is 38.0 Å². The van der Waals surface area contributed by atoms with Gasteiger partial charge in [0.2, 0.25) is 0 Å². The fraction of sp³-hybridized carbons (Fsp3) is 0.778. The predicted molar refractivity (Wildman–Crippen MR) is 117 cm³/mol. The highest BCUT2D eigenvalue weighted by molar-refractivity contribution is 14.0. The first-order valence-electron chi connectivity index (χ1n) is 9.16. The van der Waals surface area contributed by atoms with E-state index in [2.05, 4.69) is 34.8 Å². The first-order chi connectivity index (χ1) is 11.7. The largest absolute Gasteiger partial charge is 0.385 e. The van der Waals surface area contributed by atoms with Crippen LogP contribution in [-0.2, 0) is 17.6 Å². The van der Waals surface area contributed by atoms with Crippen molar-refractivity contribution < 1.29 is 4.74 Å². The summed E-state index contributed by atoms with van der Waals surface area (Å²) in [5.41, 5.74) is 1.54. The third kappa shape index (κ3) is 7.38. The van der Waals surface area contributed by atoms with Crippen molar-refractivity contribution in [2.75, 3.05) is 33.4 Å². The lowest BCUT2D eigenvalue weighted by Crippen LogP contribution is -2.41. The Hall–Kier alpha value is -0.410. The first-order valence-corrected chi connectivity index (χ1v) is 10.0. The molecule has 2 rings (SSSR count). The quantitative estimate of drug-likeness (QED) is 0.305. The van der Waals surface area contributed by atoms with Gasteiger partial charge in [-0.1, -0.05) is 13.3 Å². The van der Waals surface area contributed by atoms with Gasteiger partial charge >= 0.3 is 0 Å². The SMILES string of the molecule is CCNC(=NCC1(CCOC)CCC1)NCCc1csc(CC)n1.I. The number of hydrogen-bond acceptors (Lipinski definition) is 4. The fourth-order valence-corrected chi connectivity index (χ4v) is 3.79. The summed E-state index contributed by atoms with van der Waals surface area (Å²) in [6.07, 6.45) is 6.95. The van der Waals surface area contributed by atoms with Crippen molar-refractivity contribution in [3.05, 3.63) is 16.1 Å². The van der Waals surface area contributed by atoms with E-state index < -0.39 is 0 Å². The van der Waals surface area contributed by atoms with Crippen LogP contribution in [0.15, 0.2) is 10.4 Å². The number of nitrogens with zero attached hydrogens (tertiary/aromatic N) is 2. The zero-order valence-corrected chi connectivity index (χ0v) is 18.9. The minimum absolute atomic E-state index is 0. The maximum Gasteiger partial charge on any atom is 0.191 e. The molecule has 1 fully saturated rings. The molecule has 1 aromatic rings. The third-order valence-electron chi connectivity index (χ3n) is 4.74. The molecule has 1 aliphatic carbocycles. The molecule has 1 aromatic heterocycles. The van der Waals surface area contributed by atoms with Crippen molar-refractivity contribution >= 4 is 41.3 Å². The molecule has 5 nitrogen and oxygen atoms in total. The molecule has 0 amide bonds. The average Bonchev–Trinajstić information content (AvgIpc) is 3.01. The molecule has 1 heterocycles. The summed E-state index contributed by atoms with van der Waals surface area (Å²) in [4.78, 5) is 9.45. The zero-order chi connectivity index (χ0) is 17.3. The van der Waals surface area contributed by atoms with Gasteiger partial charge in [0.05, 0.1) is 10.7 Å². The van der Waals surface area contributed by atoms with Crippen LogP contribution in [0.5, 0.6) is 0 Å². The number of thiazole rings is 1. The van der Waals surface area contributed by atoms with Crippen LogP contribution >= 0.6 is 35.3 Å². The van der Waals surface area contributed by atoms with Gasteiger partial charge in [0.1, 0.15) is 0 Å². The number of rotatable bonds is 10. The van der Waals surface area contributed by atoms with Gasteiger partial charge < -0.3 is 15.4 Å². The van der Waals surface area contributed by atoms with Gasteiger partial charge in [0.15, 0.2) is 5.96 Å². The molecular formula is C18H33IN4OS. The highest BCUT2D eigenvalue weighted by atomic mass is 127. The van der Waals surface area contributed by atoms with Gasteiger partial charge in [0.25, 0.3) is 0 Å². The number of methoxy groups -OCH3 is 1. The number of aromatic nitrogens is 1. The molecule has 0 unspecified atom stereocenters. The normalized spacial score (nSPS) is 16.0. The van der Waals surface area contributed by atoms with Gasteiger partial charge in [-0.2, -0.15) is 0 Å². The molecule has 144 valence electrons. The Morgan fingerprint density at radius 2 is 2.16 bits per heavy atom. The van der Waals surface area contributed by atoms with E-state index in [0.717, 1.165) is 51.5 Å². The topological polar surface area (TPSA) is 58.5 Å². The Bertz CT molecular complexity index is 517. The summed E-state index contributed by atoms with van der Waals surface area (Å²) in [6.45, 7) is 7.73. The van der Waals surface area contributed by atoms with Crippen LogP contribution in [0.1, 0.15) is 50.2 Å². The number of aliphatic imine (C=N–C) groups is 1. The smallest absolute Gasteiger partial charge is 0.191 e. The summed E-state index contributed by atoms with van der Waals surface area (Å²) >= 11 is 1.75. The van der Waals surface area contributed by atoms with Crippen LogP contribution in [-0.4, -0.2) is 44.3 Å². The number of ether oxygens (including phenoxy) is 1. The number of guanidine groups is 1. The Labute approximate surface area is 173 Å². The molecule has 1 saturated carbocycles. The van der Waals surface area contributed by atoms with Gasteiger partial charge in [-0.25, -0.2) is 4.98 Å². The van der Waals surface area contributed by atoms with Crippen LogP contribution in [0.25, 0.3) is 0 Å². The lowest BCUT2D eigenvalue weighted by molar-refractivity contribution is 0.0778. The van der Waals surface area contributed by atoms with Crippen molar-refractivity contribution in [1.82, 2.24) is 15.6 Å². The fourth-order valence-electron chi connectivity index (χ4n) is 3.01. The van der Waals surface area contributed by atoms with E-state index in [1.807, 2.05) is 0 Å². The standard InChI is InChI=1S/C18H32N4OS.HI/c1-4-16-22-15(13-24-16)7-11-20-17(19-5-2)21-14-18(8-6-9-18)10-12-23-3;/h13H,4-12,14H2,1-3H3,(H2,19,20,21);1H. The number of aryl methyl sites for hydroxylation is 1. The van der Waals surface area contributed by atoms with E-state index >= 15 is 0 Å². The van der Waals surface area contributed by atoms with E-state index in [9.17, 15) is 0 Å². The molecule has 0 aromatic carbocycles. The lowest BCUT2D eigenvalue weighted by Gasteiger charge is -2.40. The summed E-state index contributed by atoms with van der Waals surface area (Å²) < 4.78 is 5.27. The second-order valence-corrected chi connectivity index (χ2v) is 7.50. The van der Waals surface area contributed by atoms with Crippen LogP contribution in [0, 0.1) is 5.41 Å². The van der Waals surface area contributed by atoms with Crippen LogP contribution in [0.2, 0.25) is 0 Å². The van der Waals surface area contributed by atoms with Crippen LogP contribution in [0.4, 0.5) is 0 Å². The molecule has 0 bridgehead atoms. The van der Waals surface area contributed by atoms with Crippen LogP contribution < -0.4 is 10.6 Å². The monoisotopic (exact) mass is 480 g/mol. The first kappa shape index (κ1) is 22.6. The van der Waals surface area contributed by atoms with E-state index in [-0.39, 0.29) is 24.0 Å². The van der Waals surface area contributed by atoms with E-state index in [1.165, 1.54) is 30.0 Å². The Morgan fingerprint density at radius 1 is 1.36 bits per heavy atom. The second-order valence-electron chi connectivity index (χ2n) is 6.55. The molecule has 0 saturated heterocycles. The molecule has 25 heavy (non-hydrogen) atoms. The van der Waals surface area contributed by atoms with Crippen LogP contribution in [0.3, 0.4) is 0 Å². The highest BCUT2D eigenvalue weighted by Crippen LogP contribution is 2.44. The summed E-state index contributed by atoms with van der Waals surface area (Å²) in [7, 11) is 1.78. The van der Waals surface area contributed by atoms with E-state index in [0.29, 0.717) is 5.41 Å².